The van der Waals surface area contributed by atoms with E-state index in [1.807, 2.05) is 48.9 Å². The van der Waals surface area contributed by atoms with Crippen molar-refractivity contribution in [2.24, 2.45) is 0 Å². The van der Waals surface area contributed by atoms with E-state index in [9.17, 15) is 0 Å². The summed E-state index contributed by atoms with van der Waals surface area (Å²) in [6.45, 7) is 2.24. The predicted molar refractivity (Wildman–Crippen MR) is 186 cm³/mol. The van der Waals surface area contributed by atoms with Gasteiger partial charge in [-0.1, -0.05) is 164 Å². The predicted octanol–water partition coefficient (Wildman–Crippen LogP) is 7.32. The molecule has 0 aliphatic heterocycles. The van der Waals surface area contributed by atoms with Crippen molar-refractivity contribution in [3.05, 3.63) is 198 Å². The fraction of sp³-hybridized carbons (Fsp3) is 0.103. The standard InChI is InChI=1S/C25H26N2Si.C14H11B/c1-2-10-21-11-9-16-24(19-21)28-25(27-18-17-26-20-27,22-12-5-3-6-13-22)23-14-7-4-8-15-23;15-11-14(12-7-3-1-4-8-12)13-9-5-2-6-10-13/h3-9,11-20H,2,10,28H2,1H3;1-11H. The molecule has 1 heterocycles. The Labute approximate surface area is 260 Å². The van der Waals surface area contributed by atoms with Gasteiger partial charge in [-0.05, 0) is 39.8 Å². The van der Waals surface area contributed by atoms with Crippen molar-refractivity contribution < 1.29 is 0 Å². The minimum atomic E-state index is -0.785. The Bertz CT molecular complexity index is 1600. The van der Waals surface area contributed by atoms with Crippen LogP contribution in [-0.4, -0.2) is 26.9 Å². The molecule has 2 nitrogen and oxygen atoms in total. The number of nitrogens with zero attached hydrogens (tertiary/aromatic N) is 2. The Morgan fingerprint density at radius 3 is 1.72 bits per heavy atom. The summed E-state index contributed by atoms with van der Waals surface area (Å²) in [7, 11) is 4.89. The first kappa shape index (κ1) is 29.8. The molecule has 0 spiro atoms. The number of rotatable bonds is 9. The molecule has 0 unspecified atom stereocenters. The lowest BCUT2D eigenvalue weighted by Crippen LogP contribution is -2.46. The number of benzene rings is 5. The van der Waals surface area contributed by atoms with E-state index in [2.05, 4.69) is 132 Å². The zero-order chi connectivity index (χ0) is 29.7. The summed E-state index contributed by atoms with van der Waals surface area (Å²) in [5.41, 5.74) is 7.44. The second-order valence-electron chi connectivity index (χ2n) is 10.6. The molecular weight excluding hydrogens is 535 g/mol. The molecule has 4 heteroatoms. The Morgan fingerprint density at radius 1 is 0.721 bits per heavy atom. The summed E-state index contributed by atoms with van der Waals surface area (Å²) in [5, 5.41) is 1.27. The quantitative estimate of drug-likeness (QED) is 0.166. The van der Waals surface area contributed by atoms with Crippen LogP contribution in [0.4, 0.5) is 0 Å². The van der Waals surface area contributed by atoms with Gasteiger partial charge < -0.3 is 4.57 Å². The van der Waals surface area contributed by atoms with E-state index in [1.165, 1.54) is 28.3 Å². The molecule has 0 saturated carbocycles. The van der Waals surface area contributed by atoms with Gasteiger partial charge in [0.2, 0.25) is 0 Å². The molecule has 0 N–H and O–H groups in total. The lowest BCUT2D eigenvalue weighted by atomic mass is 9.92. The Balaban J connectivity index is 0.000000207. The first-order valence-corrected chi connectivity index (χ1v) is 16.4. The van der Waals surface area contributed by atoms with Crippen LogP contribution in [0.1, 0.15) is 41.2 Å². The van der Waals surface area contributed by atoms with Crippen LogP contribution in [0.25, 0.3) is 5.57 Å². The summed E-state index contributed by atoms with van der Waals surface area (Å²) in [6.07, 6.45) is 8.29. The number of imidazole rings is 1. The molecule has 1 aromatic heterocycles. The lowest BCUT2D eigenvalue weighted by Gasteiger charge is -2.37. The molecule has 0 amide bonds. The van der Waals surface area contributed by atoms with Gasteiger partial charge >= 0.3 is 0 Å². The van der Waals surface area contributed by atoms with E-state index in [0.29, 0.717) is 0 Å². The van der Waals surface area contributed by atoms with Gasteiger partial charge in [-0.15, -0.1) is 5.98 Å². The van der Waals surface area contributed by atoms with E-state index >= 15 is 0 Å². The molecule has 5 aromatic carbocycles. The topological polar surface area (TPSA) is 17.8 Å². The zero-order valence-electron chi connectivity index (χ0n) is 24.8. The van der Waals surface area contributed by atoms with Crippen LogP contribution in [0.15, 0.2) is 170 Å². The van der Waals surface area contributed by atoms with Crippen molar-refractivity contribution in [2.75, 3.05) is 0 Å². The smallest absolute Gasteiger partial charge is 0.103 e. The van der Waals surface area contributed by atoms with Gasteiger partial charge in [-0.3, -0.25) is 0 Å². The molecule has 210 valence electrons. The summed E-state index contributed by atoms with van der Waals surface area (Å²) >= 11 is 0. The van der Waals surface area contributed by atoms with Crippen LogP contribution < -0.4 is 5.19 Å². The molecule has 0 aliphatic carbocycles. The van der Waals surface area contributed by atoms with E-state index < -0.39 is 9.52 Å². The normalized spacial score (nSPS) is 11.1. The van der Waals surface area contributed by atoms with Crippen molar-refractivity contribution in [2.45, 2.75) is 24.9 Å². The molecular formula is C39H37BN2Si. The van der Waals surface area contributed by atoms with Gasteiger partial charge in [0.05, 0.1) is 21.0 Å². The maximum Gasteiger partial charge on any atom is 0.103 e. The second-order valence-corrected chi connectivity index (χ2v) is 12.8. The molecule has 0 saturated heterocycles. The van der Waals surface area contributed by atoms with Crippen LogP contribution in [-0.2, 0) is 11.6 Å². The van der Waals surface area contributed by atoms with Gasteiger partial charge in [-0.2, -0.15) is 0 Å². The lowest BCUT2D eigenvalue weighted by molar-refractivity contribution is 0.596. The van der Waals surface area contributed by atoms with Gasteiger partial charge in [0, 0.05) is 12.4 Å². The summed E-state index contributed by atoms with van der Waals surface area (Å²) in [5.74, 6) is 1.66. The third-order valence-corrected chi connectivity index (χ3v) is 10.3. The highest BCUT2D eigenvalue weighted by molar-refractivity contribution is 6.57. The van der Waals surface area contributed by atoms with E-state index in [0.717, 1.165) is 23.1 Å². The molecule has 6 rings (SSSR count). The van der Waals surface area contributed by atoms with E-state index in [1.54, 1.807) is 5.98 Å². The third-order valence-electron chi connectivity index (χ3n) is 7.77. The van der Waals surface area contributed by atoms with Crippen LogP contribution in [0.2, 0.25) is 0 Å². The SMILES string of the molecule is CCCc1cccc([SiH2]C(c2ccccc2)(c2ccccc2)n2ccnc2)c1.[B]C=C(c1ccccc1)c1ccccc1. The van der Waals surface area contributed by atoms with Gasteiger partial charge in [-0.25, -0.2) is 4.98 Å². The Morgan fingerprint density at radius 2 is 1.26 bits per heavy atom. The minimum absolute atomic E-state index is 0.205. The summed E-state index contributed by atoms with van der Waals surface area (Å²) in [4.78, 5) is 4.41. The summed E-state index contributed by atoms with van der Waals surface area (Å²) < 4.78 is 2.32. The monoisotopic (exact) mass is 572 g/mol. The first-order chi connectivity index (χ1) is 21.2. The molecule has 0 atom stereocenters. The van der Waals surface area contributed by atoms with Crippen molar-refractivity contribution in [3.8, 4) is 0 Å². The van der Waals surface area contributed by atoms with Gasteiger partial charge in [0.25, 0.3) is 0 Å². The van der Waals surface area contributed by atoms with E-state index in [4.69, 9.17) is 7.85 Å². The molecule has 43 heavy (non-hydrogen) atoms. The Kier molecular flexibility index (Phi) is 10.4. The average Bonchev–Trinajstić information content (AvgIpc) is 3.62. The minimum Gasteiger partial charge on any atom is -0.326 e. The van der Waals surface area contributed by atoms with Crippen molar-refractivity contribution >= 4 is 28.1 Å². The zero-order valence-corrected chi connectivity index (χ0v) is 26.2. The highest BCUT2D eigenvalue weighted by Gasteiger charge is 2.36. The molecule has 0 bridgehead atoms. The average molecular weight is 573 g/mol. The van der Waals surface area contributed by atoms with Crippen LogP contribution in [0.5, 0.6) is 0 Å². The van der Waals surface area contributed by atoms with Crippen molar-refractivity contribution in [3.63, 3.8) is 0 Å². The van der Waals surface area contributed by atoms with Gasteiger partial charge in [0.15, 0.2) is 0 Å². The fourth-order valence-corrected chi connectivity index (χ4v) is 8.20. The molecule has 0 fully saturated rings. The largest absolute Gasteiger partial charge is 0.326 e. The molecule has 2 radical (unpaired) electrons. The number of aromatic nitrogens is 2. The number of aryl methyl sites for hydroxylation is 1. The maximum absolute atomic E-state index is 5.67. The Hall–Kier alpha value is -4.67. The van der Waals surface area contributed by atoms with Crippen molar-refractivity contribution in [1.82, 2.24) is 9.55 Å². The highest BCUT2D eigenvalue weighted by Crippen LogP contribution is 2.33. The van der Waals surface area contributed by atoms with Crippen LogP contribution >= 0.6 is 0 Å². The van der Waals surface area contributed by atoms with Crippen LogP contribution in [0, 0.1) is 0 Å². The van der Waals surface area contributed by atoms with E-state index in [-0.39, 0.29) is 5.16 Å². The van der Waals surface area contributed by atoms with Crippen LogP contribution in [0.3, 0.4) is 0 Å². The first-order valence-electron chi connectivity index (χ1n) is 14.9. The third kappa shape index (κ3) is 7.22. The number of hydrogen-bond donors (Lipinski definition) is 0. The molecule has 6 aromatic rings. The van der Waals surface area contributed by atoms with Crippen molar-refractivity contribution in [1.29, 1.82) is 0 Å². The number of hydrogen-bond acceptors (Lipinski definition) is 1. The maximum atomic E-state index is 5.67. The second kappa shape index (κ2) is 15.0. The molecule has 0 aliphatic rings. The highest BCUT2D eigenvalue weighted by atomic mass is 28.2. The fourth-order valence-electron chi connectivity index (χ4n) is 5.75. The van der Waals surface area contributed by atoms with Gasteiger partial charge in [0.1, 0.15) is 7.85 Å². The summed E-state index contributed by atoms with van der Waals surface area (Å²) in [6, 6.07) is 51.3.